The Labute approximate surface area is 148 Å². The fourth-order valence-electron chi connectivity index (χ4n) is 3.23. The molecule has 0 aromatic heterocycles. The standard InChI is InChI=1S/C19H27FN2O3/c1-14(2)21-7-8-24-16(10-21)9-19(23)22-11-17(12-22)25-13-15-5-3-4-6-18(15)20/h3-6,14,16-17H,7-13H2,1-2H3/t16-/m1/s1. The maximum absolute atomic E-state index is 13.6. The lowest BCUT2D eigenvalue weighted by atomic mass is 10.1. The average Bonchev–Trinajstić information content (AvgIpc) is 2.55. The van der Waals surface area contributed by atoms with Gasteiger partial charge in [0.05, 0.1) is 31.8 Å². The normalized spacial score (nSPS) is 22.2. The molecule has 3 rings (SSSR count). The Kier molecular flexibility index (Phi) is 6.04. The number of carbonyl (C=O) groups excluding carboxylic acids is 1. The smallest absolute Gasteiger partial charge is 0.225 e. The number of hydrogen-bond donors (Lipinski definition) is 0. The first-order chi connectivity index (χ1) is 12.0. The summed E-state index contributed by atoms with van der Waals surface area (Å²) in [5, 5.41) is 0. The van der Waals surface area contributed by atoms with Crippen LogP contribution in [0.3, 0.4) is 0 Å². The van der Waals surface area contributed by atoms with Gasteiger partial charge < -0.3 is 14.4 Å². The number of hydrogen-bond acceptors (Lipinski definition) is 4. The molecule has 0 saturated carbocycles. The van der Waals surface area contributed by atoms with Crippen LogP contribution in [0, 0.1) is 5.82 Å². The van der Waals surface area contributed by atoms with E-state index in [0.29, 0.717) is 37.7 Å². The fourth-order valence-corrected chi connectivity index (χ4v) is 3.23. The summed E-state index contributed by atoms with van der Waals surface area (Å²) < 4.78 is 25.0. The molecule has 138 valence electrons. The second kappa shape index (κ2) is 8.25. The summed E-state index contributed by atoms with van der Waals surface area (Å²) in [6.07, 6.45) is 0.383. The summed E-state index contributed by atoms with van der Waals surface area (Å²) >= 11 is 0. The van der Waals surface area contributed by atoms with Crippen LogP contribution in [0.15, 0.2) is 24.3 Å². The summed E-state index contributed by atoms with van der Waals surface area (Å²) in [6, 6.07) is 7.08. The van der Waals surface area contributed by atoms with Crippen LogP contribution in [-0.2, 0) is 20.9 Å². The third kappa shape index (κ3) is 4.77. The molecule has 2 aliphatic heterocycles. The summed E-state index contributed by atoms with van der Waals surface area (Å²) in [5.74, 6) is -0.139. The Hall–Kier alpha value is -1.50. The Balaban J connectivity index is 1.37. The highest BCUT2D eigenvalue weighted by Gasteiger charge is 2.33. The number of ether oxygens (including phenoxy) is 2. The van der Waals surface area contributed by atoms with Gasteiger partial charge in [-0.3, -0.25) is 9.69 Å². The van der Waals surface area contributed by atoms with Gasteiger partial charge in [0.15, 0.2) is 0 Å². The van der Waals surface area contributed by atoms with Gasteiger partial charge in [-0.15, -0.1) is 0 Å². The number of morpholine rings is 1. The van der Waals surface area contributed by atoms with Crippen molar-refractivity contribution in [1.82, 2.24) is 9.80 Å². The summed E-state index contributed by atoms with van der Waals surface area (Å²) in [7, 11) is 0. The summed E-state index contributed by atoms with van der Waals surface area (Å²) in [6.45, 7) is 8.15. The molecule has 0 spiro atoms. The van der Waals surface area contributed by atoms with Crippen molar-refractivity contribution in [1.29, 1.82) is 0 Å². The zero-order valence-electron chi connectivity index (χ0n) is 15.0. The molecule has 2 fully saturated rings. The highest BCUT2D eigenvalue weighted by molar-refractivity contribution is 5.77. The molecule has 0 N–H and O–H groups in total. The summed E-state index contributed by atoms with van der Waals surface area (Å²) in [5.41, 5.74) is 0.552. The Morgan fingerprint density at radius 2 is 2.08 bits per heavy atom. The van der Waals surface area contributed by atoms with Crippen molar-refractivity contribution in [2.45, 2.75) is 45.1 Å². The van der Waals surface area contributed by atoms with E-state index in [-0.39, 0.29) is 30.5 Å². The first-order valence-corrected chi connectivity index (χ1v) is 9.01. The molecule has 0 bridgehead atoms. The number of benzene rings is 1. The predicted molar refractivity (Wildman–Crippen MR) is 92.6 cm³/mol. The van der Waals surface area contributed by atoms with Gasteiger partial charge in [-0.1, -0.05) is 18.2 Å². The number of halogens is 1. The Bertz CT molecular complexity index is 590. The zero-order chi connectivity index (χ0) is 17.8. The van der Waals surface area contributed by atoms with Gasteiger partial charge in [0.1, 0.15) is 5.82 Å². The SMILES string of the molecule is CC(C)N1CCO[C@H](CC(=O)N2CC(OCc3ccccc3F)C2)C1. The number of carbonyl (C=O) groups is 1. The first kappa shape index (κ1) is 18.3. The Morgan fingerprint density at radius 3 is 2.80 bits per heavy atom. The van der Waals surface area contributed by atoms with E-state index in [1.54, 1.807) is 23.1 Å². The molecule has 1 aromatic rings. The second-order valence-electron chi connectivity index (χ2n) is 7.11. The highest BCUT2D eigenvalue weighted by Crippen LogP contribution is 2.19. The fraction of sp³-hybridized carbons (Fsp3) is 0.632. The van der Waals surface area contributed by atoms with E-state index in [9.17, 15) is 9.18 Å². The lowest BCUT2D eigenvalue weighted by molar-refractivity contribution is -0.150. The van der Waals surface area contributed by atoms with Crippen LogP contribution in [-0.4, -0.2) is 66.7 Å². The van der Waals surface area contributed by atoms with Crippen molar-refractivity contribution in [2.24, 2.45) is 0 Å². The van der Waals surface area contributed by atoms with E-state index in [1.165, 1.54) is 6.07 Å². The molecule has 0 radical (unpaired) electrons. The molecule has 1 atom stereocenters. The molecule has 5 nitrogen and oxygen atoms in total. The van der Waals surface area contributed by atoms with Gasteiger partial charge >= 0.3 is 0 Å². The molecule has 6 heteroatoms. The van der Waals surface area contributed by atoms with Crippen LogP contribution >= 0.6 is 0 Å². The van der Waals surface area contributed by atoms with Crippen LogP contribution in [0.25, 0.3) is 0 Å². The zero-order valence-corrected chi connectivity index (χ0v) is 15.0. The van der Waals surface area contributed by atoms with E-state index in [0.717, 1.165) is 13.1 Å². The number of rotatable bonds is 6. The molecular weight excluding hydrogens is 323 g/mol. The molecule has 1 amide bonds. The number of nitrogens with zero attached hydrogens (tertiary/aromatic N) is 2. The maximum atomic E-state index is 13.6. The van der Waals surface area contributed by atoms with Crippen molar-refractivity contribution in [3.8, 4) is 0 Å². The van der Waals surface area contributed by atoms with Gasteiger partial charge in [-0.2, -0.15) is 0 Å². The van der Waals surface area contributed by atoms with E-state index < -0.39 is 0 Å². The summed E-state index contributed by atoms with van der Waals surface area (Å²) in [4.78, 5) is 16.5. The van der Waals surface area contributed by atoms with Gasteiger partial charge in [0, 0.05) is 37.8 Å². The van der Waals surface area contributed by atoms with Gasteiger partial charge in [0.2, 0.25) is 5.91 Å². The predicted octanol–water partition coefficient (Wildman–Crippen LogP) is 2.05. The molecule has 2 saturated heterocycles. The lowest BCUT2D eigenvalue weighted by Crippen LogP contribution is -2.56. The van der Waals surface area contributed by atoms with Crippen molar-refractivity contribution in [3.05, 3.63) is 35.6 Å². The molecule has 0 aliphatic carbocycles. The molecule has 2 heterocycles. The van der Waals surface area contributed by atoms with E-state index in [2.05, 4.69) is 18.7 Å². The van der Waals surface area contributed by atoms with Crippen LogP contribution in [0.1, 0.15) is 25.8 Å². The van der Waals surface area contributed by atoms with E-state index in [1.807, 2.05) is 0 Å². The van der Waals surface area contributed by atoms with Crippen molar-refractivity contribution < 1.29 is 18.7 Å². The van der Waals surface area contributed by atoms with E-state index in [4.69, 9.17) is 9.47 Å². The topological polar surface area (TPSA) is 42.0 Å². The highest BCUT2D eigenvalue weighted by atomic mass is 19.1. The molecule has 1 aromatic carbocycles. The van der Waals surface area contributed by atoms with E-state index >= 15 is 0 Å². The molecular formula is C19H27FN2O3. The van der Waals surface area contributed by atoms with Crippen LogP contribution in [0.2, 0.25) is 0 Å². The van der Waals surface area contributed by atoms with Crippen molar-refractivity contribution in [3.63, 3.8) is 0 Å². The average molecular weight is 350 g/mol. The van der Waals surface area contributed by atoms with Crippen molar-refractivity contribution in [2.75, 3.05) is 32.8 Å². The van der Waals surface area contributed by atoms with Crippen LogP contribution in [0.4, 0.5) is 4.39 Å². The minimum absolute atomic E-state index is 0.0111. The lowest BCUT2D eigenvalue weighted by Gasteiger charge is -2.41. The number of amides is 1. The Morgan fingerprint density at radius 1 is 1.32 bits per heavy atom. The molecule has 0 unspecified atom stereocenters. The van der Waals surface area contributed by atoms with Gasteiger partial charge in [-0.05, 0) is 19.9 Å². The van der Waals surface area contributed by atoms with Gasteiger partial charge in [0.25, 0.3) is 0 Å². The maximum Gasteiger partial charge on any atom is 0.225 e. The van der Waals surface area contributed by atoms with Crippen molar-refractivity contribution >= 4 is 5.91 Å². The van der Waals surface area contributed by atoms with Crippen LogP contribution in [0.5, 0.6) is 0 Å². The largest absolute Gasteiger partial charge is 0.375 e. The minimum Gasteiger partial charge on any atom is -0.375 e. The second-order valence-corrected chi connectivity index (χ2v) is 7.11. The van der Waals surface area contributed by atoms with Gasteiger partial charge in [-0.25, -0.2) is 4.39 Å². The monoisotopic (exact) mass is 350 g/mol. The number of likely N-dealkylation sites (tertiary alicyclic amines) is 1. The van der Waals surface area contributed by atoms with Crippen LogP contribution < -0.4 is 0 Å². The first-order valence-electron chi connectivity index (χ1n) is 9.01. The molecule has 25 heavy (non-hydrogen) atoms. The quantitative estimate of drug-likeness (QED) is 0.788. The third-order valence-electron chi connectivity index (χ3n) is 4.94. The molecule has 2 aliphatic rings. The third-order valence-corrected chi connectivity index (χ3v) is 4.94. The minimum atomic E-state index is -0.251.